The summed E-state index contributed by atoms with van der Waals surface area (Å²) in [5, 5.41) is 10.5. The predicted octanol–water partition coefficient (Wildman–Crippen LogP) is 4.40. The number of hydrogen-bond donors (Lipinski definition) is 3. The molecule has 0 radical (unpaired) electrons. The summed E-state index contributed by atoms with van der Waals surface area (Å²) in [7, 11) is 0. The quantitative estimate of drug-likeness (QED) is 0.476. The highest BCUT2D eigenvalue weighted by Crippen LogP contribution is 2.23. The first-order valence-electron chi connectivity index (χ1n) is 10.7. The highest BCUT2D eigenvalue weighted by atomic mass is 35.5. The minimum atomic E-state index is -0.609. The zero-order valence-corrected chi connectivity index (χ0v) is 18.6. The van der Waals surface area contributed by atoms with Gasteiger partial charge in [0.2, 0.25) is 5.91 Å². The molecular weight excluding hydrogens is 447 g/mol. The molecule has 3 aromatic rings. The van der Waals surface area contributed by atoms with Gasteiger partial charge in [0.05, 0.1) is 17.6 Å². The fraction of sp³-hybridized carbons (Fsp3) is 0.292. The van der Waals surface area contributed by atoms with Crippen LogP contribution in [0.5, 0.6) is 0 Å². The zero-order chi connectivity index (χ0) is 23.2. The molecule has 2 aromatic carbocycles. The lowest BCUT2D eigenvalue weighted by Crippen LogP contribution is -2.45. The van der Waals surface area contributed by atoms with Crippen LogP contribution in [0, 0.1) is 5.82 Å². The van der Waals surface area contributed by atoms with Gasteiger partial charge >= 0.3 is 6.09 Å². The summed E-state index contributed by atoms with van der Waals surface area (Å²) in [6, 6.07) is 13.8. The number of carbonyl (C=O) groups excluding carboxylic acids is 2. The summed E-state index contributed by atoms with van der Waals surface area (Å²) in [5.41, 5.74) is 0.575. The van der Waals surface area contributed by atoms with E-state index in [1.165, 1.54) is 6.07 Å². The van der Waals surface area contributed by atoms with Gasteiger partial charge in [-0.25, -0.2) is 14.2 Å². The molecule has 0 spiro atoms. The van der Waals surface area contributed by atoms with E-state index >= 15 is 0 Å². The Kier molecular flexibility index (Phi) is 7.36. The second-order valence-corrected chi connectivity index (χ2v) is 8.28. The Morgan fingerprint density at radius 1 is 1.12 bits per heavy atom. The Labute approximate surface area is 195 Å². The SMILES string of the molecule is O=C(CNCc1cccc(F)c1Cl)N[C@@H]1CCC[C@@H]1OC(=O)Nc1cc2ccccc2cn1. The average Bonchev–Trinajstić information content (AvgIpc) is 3.22. The lowest BCUT2D eigenvalue weighted by atomic mass is 10.2. The summed E-state index contributed by atoms with van der Waals surface area (Å²) >= 11 is 5.93. The van der Waals surface area contributed by atoms with Crippen molar-refractivity contribution in [2.24, 2.45) is 0 Å². The third-order valence-corrected chi connectivity index (χ3v) is 5.97. The van der Waals surface area contributed by atoms with Crippen molar-refractivity contribution in [2.45, 2.75) is 38.0 Å². The molecule has 7 nitrogen and oxygen atoms in total. The van der Waals surface area contributed by atoms with E-state index in [0.717, 1.165) is 17.2 Å². The van der Waals surface area contributed by atoms with Crippen LogP contribution in [0.1, 0.15) is 24.8 Å². The fourth-order valence-electron chi connectivity index (χ4n) is 3.91. The number of fused-ring (bicyclic) bond motifs is 1. The van der Waals surface area contributed by atoms with Crippen LogP contribution in [0.15, 0.2) is 54.7 Å². The first-order valence-corrected chi connectivity index (χ1v) is 11.1. The number of hydrogen-bond acceptors (Lipinski definition) is 5. The van der Waals surface area contributed by atoms with E-state index in [4.69, 9.17) is 16.3 Å². The van der Waals surface area contributed by atoms with Crippen LogP contribution >= 0.6 is 11.6 Å². The van der Waals surface area contributed by atoms with E-state index in [1.54, 1.807) is 24.4 Å². The number of pyridine rings is 1. The van der Waals surface area contributed by atoms with E-state index in [2.05, 4.69) is 20.9 Å². The number of carbonyl (C=O) groups is 2. The van der Waals surface area contributed by atoms with Crippen LogP contribution in [0.3, 0.4) is 0 Å². The van der Waals surface area contributed by atoms with Gasteiger partial charge in [-0.3, -0.25) is 10.1 Å². The standard InChI is InChI=1S/C24H24ClFN4O3/c25-23-17(7-3-8-18(23)26)12-27-14-22(31)29-19-9-4-10-20(19)33-24(32)30-21-11-15-5-1-2-6-16(15)13-28-21/h1-3,5-8,11,13,19-20,27H,4,9-10,12,14H2,(H,29,31)(H,28,30,32)/t19-,20+/m1/s1. The number of aromatic nitrogens is 1. The normalized spacial score (nSPS) is 17.6. The van der Waals surface area contributed by atoms with Crippen molar-refractivity contribution in [1.29, 1.82) is 0 Å². The van der Waals surface area contributed by atoms with E-state index in [0.29, 0.717) is 24.2 Å². The largest absolute Gasteiger partial charge is 0.444 e. The molecule has 2 amide bonds. The van der Waals surface area contributed by atoms with Crippen molar-refractivity contribution in [1.82, 2.24) is 15.6 Å². The molecule has 33 heavy (non-hydrogen) atoms. The smallest absolute Gasteiger partial charge is 0.413 e. The molecule has 172 valence electrons. The van der Waals surface area contributed by atoms with Crippen molar-refractivity contribution in [3.8, 4) is 0 Å². The van der Waals surface area contributed by atoms with E-state index in [-0.39, 0.29) is 30.1 Å². The van der Waals surface area contributed by atoms with Gasteiger partial charge in [0.1, 0.15) is 17.7 Å². The molecule has 0 bridgehead atoms. The molecule has 1 saturated carbocycles. The van der Waals surface area contributed by atoms with Crippen molar-refractivity contribution < 1.29 is 18.7 Å². The predicted molar refractivity (Wildman–Crippen MR) is 125 cm³/mol. The Morgan fingerprint density at radius 2 is 1.94 bits per heavy atom. The van der Waals surface area contributed by atoms with Crippen LogP contribution < -0.4 is 16.0 Å². The minimum Gasteiger partial charge on any atom is -0.444 e. The first-order chi connectivity index (χ1) is 16.0. The zero-order valence-electron chi connectivity index (χ0n) is 17.8. The fourth-order valence-corrected chi connectivity index (χ4v) is 4.10. The monoisotopic (exact) mass is 470 g/mol. The first kappa shape index (κ1) is 22.9. The lowest BCUT2D eigenvalue weighted by molar-refractivity contribution is -0.121. The van der Waals surface area contributed by atoms with Gasteiger partial charge in [-0.2, -0.15) is 0 Å². The second kappa shape index (κ2) is 10.6. The van der Waals surface area contributed by atoms with Crippen LogP contribution in [-0.4, -0.2) is 35.7 Å². The van der Waals surface area contributed by atoms with Gasteiger partial charge in [0.15, 0.2) is 0 Å². The Morgan fingerprint density at radius 3 is 2.79 bits per heavy atom. The molecule has 4 rings (SSSR count). The number of anilines is 1. The number of nitrogens with zero attached hydrogens (tertiary/aromatic N) is 1. The lowest BCUT2D eigenvalue weighted by Gasteiger charge is -2.21. The number of halogens is 2. The number of amides is 2. The average molecular weight is 471 g/mol. The Balaban J connectivity index is 1.25. The van der Waals surface area contributed by atoms with E-state index < -0.39 is 18.0 Å². The minimum absolute atomic E-state index is 0.0310. The van der Waals surface area contributed by atoms with Gasteiger partial charge in [-0.1, -0.05) is 48.0 Å². The molecule has 1 fully saturated rings. The van der Waals surface area contributed by atoms with E-state index in [1.807, 2.05) is 24.3 Å². The summed E-state index contributed by atoms with van der Waals surface area (Å²) in [6.07, 6.45) is 2.87. The highest BCUT2D eigenvalue weighted by Gasteiger charge is 2.31. The number of nitrogens with one attached hydrogen (secondary N) is 3. The van der Waals surface area contributed by atoms with Gasteiger partial charge in [-0.05, 0) is 42.3 Å². The molecular formula is C24H24ClFN4O3. The maximum absolute atomic E-state index is 13.5. The molecule has 3 N–H and O–H groups in total. The molecule has 0 saturated heterocycles. The molecule has 1 aromatic heterocycles. The molecule has 9 heteroatoms. The molecule has 1 aliphatic rings. The molecule has 0 unspecified atom stereocenters. The highest BCUT2D eigenvalue weighted by molar-refractivity contribution is 6.31. The summed E-state index contributed by atoms with van der Waals surface area (Å²) in [4.78, 5) is 29.0. The third-order valence-electron chi connectivity index (χ3n) is 5.55. The van der Waals surface area contributed by atoms with Crippen molar-refractivity contribution in [3.63, 3.8) is 0 Å². The van der Waals surface area contributed by atoms with Gasteiger partial charge in [0, 0.05) is 18.1 Å². The summed E-state index contributed by atoms with van der Waals surface area (Å²) in [6.45, 7) is 0.291. The summed E-state index contributed by atoms with van der Waals surface area (Å²) < 4.78 is 19.1. The topological polar surface area (TPSA) is 92.4 Å². The summed E-state index contributed by atoms with van der Waals surface area (Å²) in [5.74, 6) is -0.333. The van der Waals surface area contributed by atoms with Crippen LogP contribution in [0.2, 0.25) is 5.02 Å². The molecule has 1 aliphatic carbocycles. The van der Waals surface area contributed by atoms with Gasteiger partial charge in [0.25, 0.3) is 0 Å². The Bertz CT molecular complexity index is 1160. The maximum Gasteiger partial charge on any atom is 0.413 e. The molecule has 0 aliphatic heterocycles. The second-order valence-electron chi connectivity index (χ2n) is 7.91. The van der Waals surface area contributed by atoms with Gasteiger partial charge in [-0.15, -0.1) is 0 Å². The van der Waals surface area contributed by atoms with E-state index in [9.17, 15) is 14.0 Å². The number of ether oxygens (including phenoxy) is 1. The molecule has 2 atom stereocenters. The van der Waals surface area contributed by atoms with Crippen LogP contribution in [0.25, 0.3) is 10.8 Å². The van der Waals surface area contributed by atoms with Crippen molar-refractivity contribution in [2.75, 3.05) is 11.9 Å². The number of benzene rings is 2. The van der Waals surface area contributed by atoms with Crippen LogP contribution in [-0.2, 0) is 16.1 Å². The Hall–Kier alpha value is -3.23. The van der Waals surface area contributed by atoms with Crippen LogP contribution in [0.4, 0.5) is 15.0 Å². The molecule has 1 heterocycles. The third kappa shape index (κ3) is 5.97. The van der Waals surface area contributed by atoms with Gasteiger partial charge < -0.3 is 15.4 Å². The maximum atomic E-state index is 13.5. The number of rotatable bonds is 7. The van der Waals surface area contributed by atoms with Crippen molar-refractivity contribution in [3.05, 3.63) is 71.1 Å². The van der Waals surface area contributed by atoms with Crippen molar-refractivity contribution >= 4 is 40.2 Å².